The molecule has 5 heteroatoms. The maximum atomic E-state index is 12.5. The van der Waals surface area contributed by atoms with Crippen LogP contribution in [0.15, 0.2) is 48.7 Å². The zero-order chi connectivity index (χ0) is 17.2. The lowest BCUT2D eigenvalue weighted by molar-refractivity contribution is 0.0949. The molecule has 0 bridgehead atoms. The van der Waals surface area contributed by atoms with Crippen LogP contribution >= 0.6 is 0 Å². The summed E-state index contributed by atoms with van der Waals surface area (Å²) in [6.07, 6.45) is 2.68. The summed E-state index contributed by atoms with van der Waals surface area (Å²) in [6, 6.07) is 16.0. The molecule has 0 fully saturated rings. The molecule has 3 aromatic rings. The van der Waals surface area contributed by atoms with Gasteiger partial charge in [-0.3, -0.25) is 4.79 Å². The van der Waals surface area contributed by atoms with Crippen molar-refractivity contribution in [3.8, 4) is 6.07 Å². The molecule has 5 nitrogen and oxygen atoms in total. The number of fused-ring (bicyclic) bond motifs is 2. The van der Waals surface area contributed by atoms with Crippen molar-refractivity contribution in [2.45, 2.75) is 12.5 Å². The van der Waals surface area contributed by atoms with Gasteiger partial charge in [0, 0.05) is 35.2 Å². The second kappa shape index (κ2) is 6.42. The van der Waals surface area contributed by atoms with Crippen LogP contribution in [0.25, 0.3) is 10.9 Å². The van der Waals surface area contributed by atoms with E-state index in [4.69, 9.17) is 5.26 Å². The van der Waals surface area contributed by atoms with E-state index in [1.807, 2.05) is 12.1 Å². The first-order valence-electron chi connectivity index (χ1n) is 8.37. The maximum absolute atomic E-state index is 12.5. The van der Waals surface area contributed by atoms with Crippen molar-refractivity contribution in [2.75, 3.05) is 13.1 Å². The third-order valence-electron chi connectivity index (χ3n) is 4.75. The van der Waals surface area contributed by atoms with Crippen molar-refractivity contribution < 1.29 is 4.79 Å². The molecular weight excluding hydrogens is 312 g/mol. The minimum absolute atomic E-state index is 0.125. The Morgan fingerprint density at radius 3 is 3.04 bits per heavy atom. The highest BCUT2D eigenvalue weighted by Crippen LogP contribution is 2.22. The van der Waals surface area contributed by atoms with Crippen molar-refractivity contribution in [3.63, 3.8) is 0 Å². The molecule has 0 saturated heterocycles. The highest BCUT2D eigenvalue weighted by atomic mass is 16.1. The van der Waals surface area contributed by atoms with Crippen LogP contribution in [0.2, 0.25) is 0 Å². The Kier molecular flexibility index (Phi) is 3.96. The molecule has 1 atom stereocenters. The fourth-order valence-corrected chi connectivity index (χ4v) is 3.43. The molecule has 1 aromatic heterocycles. The SMILES string of the molecule is N#Cc1c[nH]c2ccc(C(=O)NCC3NCCc4ccccc43)cc12. The lowest BCUT2D eigenvalue weighted by Crippen LogP contribution is -2.38. The summed E-state index contributed by atoms with van der Waals surface area (Å²) >= 11 is 0. The lowest BCUT2D eigenvalue weighted by Gasteiger charge is -2.27. The largest absolute Gasteiger partial charge is 0.360 e. The molecule has 1 amide bonds. The highest BCUT2D eigenvalue weighted by Gasteiger charge is 2.20. The fourth-order valence-electron chi connectivity index (χ4n) is 3.43. The van der Waals surface area contributed by atoms with E-state index in [-0.39, 0.29) is 11.9 Å². The summed E-state index contributed by atoms with van der Waals surface area (Å²) in [4.78, 5) is 15.6. The summed E-state index contributed by atoms with van der Waals surface area (Å²) in [7, 11) is 0. The van der Waals surface area contributed by atoms with Crippen LogP contribution in [0.5, 0.6) is 0 Å². The molecule has 3 N–H and O–H groups in total. The van der Waals surface area contributed by atoms with Crippen LogP contribution < -0.4 is 10.6 Å². The minimum atomic E-state index is -0.128. The average Bonchev–Trinajstić information content (AvgIpc) is 3.08. The van der Waals surface area contributed by atoms with Crippen molar-refractivity contribution in [1.82, 2.24) is 15.6 Å². The molecule has 25 heavy (non-hydrogen) atoms. The zero-order valence-corrected chi connectivity index (χ0v) is 13.7. The van der Waals surface area contributed by atoms with Crippen molar-refractivity contribution in [3.05, 3.63) is 70.9 Å². The monoisotopic (exact) mass is 330 g/mol. The Bertz CT molecular complexity index is 983. The Morgan fingerprint density at radius 2 is 2.16 bits per heavy atom. The van der Waals surface area contributed by atoms with Gasteiger partial charge in [-0.15, -0.1) is 0 Å². The molecule has 124 valence electrons. The van der Waals surface area contributed by atoms with E-state index in [1.54, 1.807) is 18.3 Å². The average molecular weight is 330 g/mol. The minimum Gasteiger partial charge on any atom is -0.360 e. The third-order valence-corrected chi connectivity index (χ3v) is 4.75. The molecule has 2 aromatic carbocycles. The van der Waals surface area contributed by atoms with Crippen molar-refractivity contribution in [2.24, 2.45) is 0 Å². The van der Waals surface area contributed by atoms with E-state index in [1.165, 1.54) is 11.1 Å². The highest BCUT2D eigenvalue weighted by molar-refractivity contribution is 5.99. The summed E-state index contributed by atoms with van der Waals surface area (Å²) in [6.45, 7) is 1.45. The Morgan fingerprint density at radius 1 is 1.28 bits per heavy atom. The van der Waals surface area contributed by atoms with E-state index < -0.39 is 0 Å². The number of rotatable bonds is 3. The molecule has 1 aliphatic rings. The van der Waals surface area contributed by atoms with Crippen LogP contribution in [0.4, 0.5) is 0 Å². The van der Waals surface area contributed by atoms with Gasteiger partial charge in [0.05, 0.1) is 5.56 Å². The van der Waals surface area contributed by atoms with Gasteiger partial charge >= 0.3 is 0 Å². The normalized spacial score (nSPS) is 16.2. The van der Waals surface area contributed by atoms with E-state index in [0.29, 0.717) is 17.7 Å². The van der Waals surface area contributed by atoms with Gasteiger partial charge in [-0.05, 0) is 42.3 Å². The van der Waals surface area contributed by atoms with E-state index in [0.717, 1.165) is 23.9 Å². The molecule has 0 spiro atoms. The fraction of sp³-hybridized carbons (Fsp3) is 0.200. The summed E-state index contributed by atoms with van der Waals surface area (Å²) in [5.41, 5.74) is 4.56. The molecule has 0 saturated carbocycles. The third kappa shape index (κ3) is 2.88. The van der Waals surface area contributed by atoms with Crippen LogP contribution in [0, 0.1) is 11.3 Å². The molecule has 0 radical (unpaired) electrons. The number of amides is 1. The van der Waals surface area contributed by atoms with Crippen molar-refractivity contribution >= 4 is 16.8 Å². The van der Waals surface area contributed by atoms with E-state index >= 15 is 0 Å². The number of H-pyrrole nitrogens is 1. The lowest BCUT2D eigenvalue weighted by atomic mass is 9.94. The standard InChI is InChI=1S/C20H18N4O/c21-10-15-11-23-18-6-5-14(9-17(15)18)20(25)24-12-19-16-4-2-1-3-13(16)7-8-22-19/h1-6,9,11,19,22-23H,7-8,12H2,(H,24,25). The van der Waals surface area contributed by atoms with Gasteiger partial charge in [0.15, 0.2) is 0 Å². The van der Waals surface area contributed by atoms with Gasteiger partial charge in [-0.25, -0.2) is 0 Å². The first-order chi connectivity index (χ1) is 12.3. The van der Waals surface area contributed by atoms with Crippen LogP contribution in [-0.2, 0) is 6.42 Å². The molecule has 0 aliphatic carbocycles. The number of aromatic nitrogens is 1. The van der Waals surface area contributed by atoms with Gasteiger partial charge < -0.3 is 15.6 Å². The predicted molar refractivity (Wildman–Crippen MR) is 96.2 cm³/mol. The Hall–Kier alpha value is -3.10. The van der Waals surface area contributed by atoms with Gasteiger partial charge in [-0.1, -0.05) is 24.3 Å². The van der Waals surface area contributed by atoms with E-state index in [9.17, 15) is 4.79 Å². The van der Waals surface area contributed by atoms with E-state index in [2.05, 4.69) is 39.9 Å². The topological polar surface area (TPSA) is 80.7 Å². The van der Waals surface area contributed by atoms with Crippen LogP contribution in [0.3, 0.4) is 0 Å². The number of carbonyl (C=O) groups is 1. The number of carbonyl (C=O) groups excluding carboxylic acids is 1. The number of hydrogen-bond acceptors (Lipinski definition) is 3. The summed E-state index contributed by atoms with van der Waals surface area (Å²) < 4.78 is 0. The Labute approximate surface area is 145 Å². The number of nitrogens with one attached hydrogen (secondary N) is 3. The number of nitrogens with zero attached hydrogens (tertiary/aromatic N) is 1. The summed E-state index contributed by atoms with van der Waals surface area (Å²) in [5, 5.41) is 16.4. The quantitative estimate of drug-likeness (QED) is 0.690. The molecular formula is C20H18N4O. The first kappa shape index (κ1) is 15.4. The van der Waals surface area contributed by atoms with Crippen molar-refractivity contribution in [1.29, 1.82) is 5.26 Å². The predicted octanol–water partition coefficient (Wildman–Crippen LogP) is 2.66. The van der Waals surface area contributed by atoms with Gasteiger partial charge in [-0.2, -0.15) is 5.26 Å². The smallest absolute Gasteiger partial charge is 0.251 e. The number of aromatic amines is 1. The van der Waals surface area contributed by atoms with Crippen LogP contribution in [0.1, 0.15) is 33.1 Å². The molecule has 4 rings (SSSR count). The molecule has 1 unspecified atom stereocenters. The van der Waals surface area contributed by atoms with Gasteiger partial charge in [0.2, 0.25) is 0 Å². The second-order valence-corrected chi connectivity index (χ2v) is 6.24. The summed E-state index contributed by atoms with van der Waals surface area (Å²) in [5.74, 6) is -0.128. The number of nitriles is 1. The molecule has 1 aliphatic heterocycles. The molecule has 2 heterocycles. The Balaban J connectivity index is 1.51. The first-order valence-corrected chi connectivity index (χ1v) is 8.37. The second-order valence-electron chi connectivity index (χ2n) is 6.24. The van der Waals surface area contributed by atoms with Gasteiger partial charge in [0.1, 0.15) is 6.07 Å². The van der Waals surface area contributed by atoms with Crippen LogP contribution in [-0.4, -0.2) is 24.0 Å². The number of benzene rings is 2. The zero-order valence-electron chi connectivity index (χ0n) is 13.7. The maximum Gasteiger partial charge on any atom is 0.251 e. The number of hydrogen-bond donors (Lipinski definition) is 3. The van der Waals surface area contributed by atoms with Gasteiger partial charge in [0.25, 0.3) is 5.91 Å².